The molecule has 0 bridgehead atoms. The summed E-state index contributed by atoms with van der Waals surface area (Å²) in [7, 11) is 0. The minimum atomic E-state index is 0.537. The van der Waals surface area contributed by atoms with Gasteiger partial charge in [0.2, 0.25) is 5.82 Å². The van der Waals surface area contributed by atoms with Crippen LogP contribution in [0.4, 0.5) is 0 Å². The Bertz CT molecular complexity index is 1040. The lowest BCUT2D eigenvalue weighted by molar-refractivity contribution is 0.306. The first kappa shape index (κ1) is 18.2. The van der Waals surface area contributed by atoms with E-state index < -0.39 is 0 Å². The molecule has 0 saturated carbocycles. The standard InChI is InChI=1S/C22H19ClN4O/c1-16-2-4-18(5-3-16)15-28-21-12-8-19(9-13-21)22-24-26-27(25-22)14-17-6-10-20(23)11-7-17/h2-13H,14-15H2,1H3. The lowest BCUT2D eigenvalue weighted by atomic mass is 10.2. The van der Waals surface area contributed by atoms with Crippen molar-refractivity contribution in [1.29, 1.82) is 0 Å². The van der Waals surface area contributed by atoms with E-state index in [9.17, 15) is 0 Å². The molecule has 0 atom stereocenters. The Morgan fingerprint density at radius 3 is 2.25 bits per heavy atom. The summed E-state index contributed by atoms with van der Waals surface area (Å²) in [6.07, 6.45) is 0. The first-order valence-electron chi connectivity index (χ1n) is 8.97. The Balaban J connectivity index is 1.39. The van der Waals surface area contributed by atoms with Crippen LogP contribution in [0.1, 0.15) is 16.7 Å². The van der Waals surface area contributed by atoms with Crippen molar-refractivity contribution in [3.05, 3.63) is 94.5 Å². The SMILES string of the molecule is Cc1ccc(COc2ccc(-c3nnn(Cc4ccc(Cl)cc4)n3)cc2)cc1. The van der Waals surface area contributed by atoms with Gasteiger partial charge in [0.25, 0.3) is 0 Å². The van der Waals surface area contributed by atoms with Crippen molar-refractivity contribution in [1.82, 2.24) is 20.2 Å². The molecule has 0 aliphatic heterocycles. The molecule has 0 fully saturated rings. The van der Waals surface area contributed by atoms with Crippen LogP contribution in [0.25, 0.3) is 11.4 Å². The summed E-state index contributed by atoms with van der Waals surface area (Å²) in [6, 6.07) is 23.6. The van der Waals surface area contributed by atoms with Crippen LogP contribution in [0.3, 0.4) is 0 Å². The van der Waals surface area contributed by atoms with Gasteiger partial charge >= 0.3 is 0 Å². The van der Waals surface area contributed by atoms with E-state index in [1.165, 1.54) is 5.56 Å². The van der Waals surface area contributed by atoms with Gasteiger partial charge in [-0.1, -0.05) is 53.6 Å². The van der Waals surface area contributed by atoms with Crippen molar-refractivity contribution in [3.8, 4) is 17.1 Å². The maximum absolute atomic E-state index is 5.91. The third-order valence-electron chi connectivity index (χ3n) is 4.33. The summed E-state index contributed by atoms with van der Waals surface area (Å²) in [4.78, 5) is 1.57. The van der Waals surface area contributed by atoms with Gasteiger partial charge in [-0.3, -0.25) is 0 Å². The van der Waals surface area contributed by atoms with Crippen molar-refractivity contribution in [2.24, 2.45) is 0 Å². The summed E-state index contributed by atoms with van der Waals surface area (Å²) in [5.74, 6) is 1.39. The number of ether oxygens (including phenoxy) is 1. The highest BCUT2D eigenvalue weighted by atomic mass is 35.5. The Kier molecular flexibility index (Phi) is 5.35. The second kappa shape index (κ2) is 8.23. The highest BCUT2D eigenvalue weighted by Crippen LogP contribution is 2.20. The van der Waals surface area contributed by atoms with E-state index in [2.05, 4.69) is 46.6 Å². The van der Waals surface area contributed by atoms with Crippen LogP contribution in [-0.2, 0) is 13.2 Å². The molecule has 0 N–H and O–H groups in total. The lowest BCUT2D eigenvalue weighted by Gasteiger charge is -2.07. The first-order chi connectivity index (χ1) is 13.7. The number of aryl methyl sites for hydroxylation is 1. The van der Waals surface area contributed by atoms with Crippen molar-refractivity contribution in [3.63, 3.8) is 0 Å². The molecule has 0 saturated heterocycles. The summed E-state index contributed by atoms with van der Waals surface area (Å²) >= 11 is 5.91. The molecule has 28 heavy (non-hydrogen) atoms. The maximum Gasteiger partial charge on any atom is 0.204 e. The van der Waals surface area contributed by atoms with Crippen LogP contribution in [-0.4, -0.2) is 20.2 Å². The van der Waals surface area contributed by atoms with E-state index in [1.54, 1.807) is 4.80 Å². The van der Waals surface area contributed by atoms with E-state index in [1.807, 2.05) is 48.5 Å². The Hall–Kier alpha value is -3.18. The molecular formula is C22H19ClN4O. The van der Waals surface area contributed by atoms with Crippen molar-refractivity contribution in [2.45, 2.75) is 20.1 Å². The summed E-state index contributed by atoms with van der Waals surface area (Å²) in [6.45, 7) is 3.15. The van der Waals surface area contributed by atoms with Crippen LogP contribution in [0, 0.1) is 6.92 Å². The van der Waals surface area contributed by atoms with Gasteiger partial charge < -0.3 is 4.74 Å². The van der Waals surface area contributed by atoms with Crippen molar-refractivity contribution >= 4 is 11.6 Å². The number of rotatable bonds is 6. The molecule has 6 heteroatoms. The van der Waals surface area contributed by atoms with Gasteiger partial charge in [-0.15, -0.1) is 10.2 Å². The molecular weight excluding hydrogens is 372 g/mol. The summed E-state index contributed by atoms with van der Waals surface area (Å²) < 4.78 is 5.84. The Labute approximate surface area is 168 Å². The molecule has 3 aromatic carbocycles. The van der Waals surface area contributed by atoms with Gasteiger partial charge in [-0.2, -0.15) is 4.80 Å². The van der Waals surface area contributed by atoms with Gasteiger partial charge in [0, 0.05) is 10.6 Å². The van der Waals surface area contributed by atoms with Gasteiger partial charge in [0.1, 0.15) is 12.4 Å². The normalized spacial score (nSPS) is 10.8. The van der Waals surface area contributed by atoms with Gasteiger partial charge in [0.15, 0.2) is 0 Å². The molecule has 5 nitrogen and oxygen atoms in total. The van der Waals surface area contributed by atoms with Crippen LogP contribution >= 0.6 is 11.6 Å². The smallest absolute Gasteiger partial charge is 0.204 e. The maximum atomic E-state index is 5.91. The monoisotopic (exact) mass is 390 g/mol. The third kappa shape index (κ3) is 4.56. The largest absolute Gasteiger partial charge is 0.489 e. The molecule has 0 aliphatic rings. The average molecular weight is 391 g/mol. The van der Waals surface area contributed by atoms with Gasteiger partial charge in [-0.05, 0) is 59.7 Å². The first-order valence-corrected chi connectivity index (χ1v) is 9.34. The van der Waals surface area contributed by atoms with Crippen molar-refractivity contribution in [2.75, 3.05) is 0 Å². The van der Waals surface area contributed by atoms with Crippen LogP contribution in [0.5, 0.6) is 5.75 Å². The number of benzene rings is 3. The zero-order valence-electron chi connectivity index (χ0n) is 15.4. The molecule has 0 radical (unpaired) electrons. The van der Waals surface area contributed by atoms with E-state index in [-0.39, 0.29) is 0 Å². The highest BCUT2D eigenvalue weighted by molar-refractivity contribution is 6.30. The Morgan fingerprint density at radius 1 is 0.857 bits per heavy atom. The number of hydrogen-bond acceptors (Lipinski definition) is 4. The second-order valence-corrected chi connectivity index (χ2v) is 7.01. The number of aromatic nitrogens is 4. The predicted octanol–water partition coefficient (Wildman–Crippen LogP) is 4.93. The zero-order chi connectivity index (χ0) is 19.3. The molecule has 1 heterocycles. The minimum Gasteiger partial charge on any atom is -0.489 e. The minimum absolute atomic E-state index is 0.537. The molecule has 0 amide bonds. The van der Waals surface area contributed by atoms with Crippen molar-refractivity contribution < 1.29 is 4.74 Å². The summed E-state index contributed by atoms with van der Waals surface area (Å²) in [5.41, 5.74) is 4.34. The molecule has 4 rings (SSSR count). The molecule has 1 aromatic heterocycles. The topological polar surface area (TPSA) is 52.8 Å². The van der Waals surface area contributed by atoms with E-state index >= 15 is 0 Å². The number of tetrazole rings is 1. The second-order valence-electron chi connectivity index (χ2n) is 6.57. The molecule has 140 valence electrons. The van der Waals surface area contributed by atoms with Crippen LogP contribution in [0.2, 0.25) is 5.02 Å². The van der Waals surface area contributed by atoms with Gasteiger partial charge in [-0.25, -0.2) is 0 Å². The van der Waals surface area contributed by atoms with Crippen LogP contribution < -0.4 is 4.74 Å². The molecule has 0 unspecified atom stereocenters. The fourth-order valence-corrected chi connectivity index (χ4v) is 2.86. The van der Waals surface area contributed by atoms with E-state index in [0.717, 1.165) is 22.4 Å². The average Bonchev–Trinajstić information content (AvgIpc) is 3.18. The molecule has 4 aromatic rings. The number of hydrogen-bond donors (Lipinski definition) is 0. The third-order valence-corrected chi connectivity index (χ3v) is 4.58. The fourth-order valence-electron chi connectivity index (χ4n) is 2.73. The summed E-state index contributed by atoms with van der Waals surface area (Å²) in [5, 5.41) is 13.4. The quantitative estimate of drug-likeness (QED) is 0.468. The number of halogens is 1. The van der Waals surface area contributed by atoms with E-state index in [0.29, 0.717) is 24.0 Å². The Morgan fingerprint density at radius 2 is 1.54 bits per heavy atom. The van der Waals surface area contributed by atoms with Crippen LogP contribution in [0.15, 0.2) is 72.8 Å². The fraction of sp³-hybridized carbons (Fsp3) is 0.136. The van der Waals surface area contributed by atoms with Gasteiger partial charge in [0.05, 0.1) is 6.54 Å². The van der Waals surface area contributed by atoms with E-state index in [4.69, 9.17) is 16.3 Å². The molecule has 0 spiro atoms. The predicted molar refractivity (Wildman–Crippen MR) is 109 cm³/mol. The number of nitrogens with zero attached hydrogens (tertiary/aromatic N) is 4. The highest BCUT2D eigenvalue weighted by Gasteiger charge is 2.07. The lowest BCUT2D eigenvalue weighted by Crippen LogP contribution is -2.03. The zero-order valence-corrected chi connectivity index (χ0v) is 16.2. The molecule has 0 aliphatic carbocycles.